The Labute approximate surface area is 118 Å². The van der Waals surface area contributed by atoms with Crippen molar-refractivity contribution in [3.05, 3.63) is 46.5 Å². The van der Waals surface area contributed by atoms with Gasteiger partial charge in [-0.3, -0.25) is 0 Å². The van der Waals surface area contributed by atoms with Crippen molar-refractivity contribution >= 4 is 15.9 Å². The molecular weight excluding hydrogens is 286 g/mol. The summed E-state index contributed by atoms with van der Waals surface area (Å²) in [6.07, 6.45) is 7.64. The average Bonchev–Trinajstić information content (AvgIpc) is 2.99. The maximum absolute atomic E-state index is 3.70. The van der Waals surface area contributed by atoms with Crippen LogP contribution in [0.5, 0.6) is 0 Å². The van der Waals surface area contributed by atoms with E-state index in [1.54, 1.807) is 0 Å². The van der Waals surface area contributed by atoms with Crippen molar-refractivity contribution in [1.82, 2.24) is 5.32 Å². The lowest BCUT2D eigenvalue weighted by atomic mass is 9.93. The molecule has 1 fully saturated rings. The van der Waals surface area contributed by atoms with Crippen LogP contribution in [0.2, 0.25) is 0 Å². The van der Waals surface area contributed by atoms with Gasteiger partial charge in [0, 0.05) is 10.5 Å². The van der Waals surface area contributed by atoms with Crippen LogP contribution >= 0.6 is 15.9 Å². The summed E-state index contributed by atoms with van der Waals surface area (Å²) in [6.45, 7) is 3.41. The molecule has 0 heterocycles. The zero-order chi connectivity index (χ0) is 12.5. The molecule has 0 aromatic heterocycles. The molecule has 2 aliphatic rings. The SMILES string of the molecule is C[C@@H](NCC1CC2C=CC1C2)c1ccc(Br)cc1. The minimum absolute atomic E-state index is 0.446. The van der Waals surface area contributed by atoms with Crippen molar-refractivity contribution in [2.75, 3.05) is 6.54 Å². The summed E-state index contributed by atoms with van der Waals surface area (Å²) in [4.78, 5) is 0. The van der Waals surface area contributed by atoms with Crippen LogP contribution in [0.15, 0.2) is 40.9 Å². The fourth-order valence-corrected chi connectivity index (χ4v) is 3.59. The van der Waals surface area contributed by atoms with Crippen molar-refractivity contribution in [2.45, 2.75) is 25.8 Å². The monoisotopic (exact) mass is 305 g/mol. The number of rotatable bonds is 4. The van der Waals surface area contributed by atoms with E-state index in [2.05, 4.69) is 64.6 Å². The second kappa shape index (κ2) is 5.18. The normalized spacial score (nSPS) is 30.9. The maximum atomic E-state index is 3.70. The Kier molecular flexibility index (Phi) is 3.58. The minimum Gasteiger partial charge on any atom is -0.310 e. The van der Waals surface area contributed by atoms with Crippen LogP contribution in [0.3, 0.4) is 0 Å². The molecule has 0 radical (unpaired) electrons. The Bertz CT molecular complexity index is 437. The van der Waals surface area contributed by atoms with E-state index in [0.29, 0.717) is 6.04 Å². The lowest BCUT2D eigenvalue weighted by molar-refractivity contribution is 0.393. The van der Waals surface area contributed by atoms with Crippen LogP contribution in [0.1, 0.15) is 31.4 Å². The summed E-state index contributed by atoms with van der Waals surface area (Å²) in [5.74, 6) is 2.59. The molecule has 0 saturated heterocycles. The predicted octanol–water partition coefficient (Wildman–Crippen LogP) is 4.31. The first-order chi connectivity index (χ1) is 8.72. The van der Waals surface area contributed by atoms with E-state index in [9.17, 15) is 0 Å². The third-order valence-electron chi connectivity index (χ3n) is 4.47. The third-order valence-corrected chi connectivity index (χ3v) is 5.00. The predicted molar refractivity (Wildman–Crippen MR) is 79.4 cm³/mol. The standard InChI is InChI=1S/C16H20BrN/c1-11(13-4-6-16(17)7-5-13)18-10-15-9-12-2-3-14(15)8-12/h2-7,11-12,14-15,18H,8-10H2,1H3/t11-,12?,14?,15?/m1/s1. The summed E-state index contributed by atoms with van der Waals surface area (Å²) in [5, 5.41) is 3.70. The smallest absolute Gasteiger partial charge is 0.0291 e. The highest BCUT2D eigenvalue weighted by Crippen LogP contribution is 2.43. The van der Waals surface area contributed by atoms with Gasteiger partial charge in [0.15, 0.2) is 0 Å². The van der Waals surface area contributed by atoms with Gasteiger partial charge in [-0.15, -0.1) is 0 Å². The zero-order valence-corrected chi connectivity index (χ0v) is 12.4. The third kappa shape index (κ3) is 2.55. The Balaban J connectivity index is 1.54. The topological polar surface area (TPSA) is 12.0 Å². The van der Waals surface area contributed by atoms with E-state index < -0.39 is 0 Å². The van der Waals surface area contributed by atoms with Gasteiger partial charge >= 0.3 is 0 Å². The fourth-order valence-electron chi connectivity index (χ4n) is 3.33. The van der Waals surface area contributed by atoms with Crippen molar-refractivity contribution < 1.29 is 0 Å². The molecule has 2 heteroatoms. The highest BCUT2D eigenvalue weighted by Gasteiger charge is 2.35. The van der Waals surface area contributed by atoms with Gasteiger partial charge < -0.3 is 5.32 Å². The van der Waals surface area contributed by atoms with Crippen molar-refractivity contribution in [3.63, 3.8) is 0 Å². The molecule has 3 unspecified atom stereocenters. The molecule has 4 atom stereocenters. The van der Waals surface area contributed by atoms with Crippen LogP contribution in [0, 0.1) is 17.8 Å². The summed E-state index contributed by atoms with van der Waals surface area (Å²) >= 11 is 3.48. The summed E-state index contributed by atoms with van der Waals surface area (Å²) in [7, 11) is 0. The number of hydrogen-bond acceptors (Lipinski definition) is 1. The van der Waals surface area contributed by atoms with Gasteiger partial charge in [-0.25, -0.2) is 0 Å². The van der Waals surface area contributed by atoms with Crippen LogP contribution in [0.25, 0.3) is 0 Å². The molecule has 0 aliphatic heterocycles. The minimum atomic E-state index is 0.446. The molecule has 1 saturated carbocycles. The van der Waals surface area contributed by atoms with E-state index >= 15 is 0 Å². The molecule has 96 valence electrons. The Morgan fingerprint density at radius 3 is 2.61 bits per heavy atom. The second-order valence-electron chi connectivity index (χ2n) is 5.72. The van der Waals surface area contributed by atoms with Gasteiger partial charge in [-0.2, -0.15) is 0 Å². The van der Waals surface area contributed by atoms with E-state index in [0.717, 1.165) is 28.8 Å². The highest BCUT2D eigenvalue weighted by molar-refractivity contribution is 9.10. The van der Waals surface area contributed by atoms with Crippen molar-refractivity contribution in [2.24, 2.45) is 17.8 Å². The fraction of sp³-hybridized carbons (Fsp3) is 0.500. The van der Waals surface area contributed by atoms with Crippen molar-refractivity contribution in [1.29, 1.82) is 0 Å². The first-order valence-corrected chi connectivity index (χ1v) is 7.69. The quantitative estimate of drug-likeness (QED) is 0.817. The number of allylic oxidation sites excluding steroid dienone is 2. The lowest BCUT2D eigenvalue weighted by Crippen LogP contribution is -2.27. The number of fused-ring (bicyclic) bond motifs is 2. The Hall–Kier alpha value is -0.600. The van der Waals surface area contributed by atoms with Gasteiger partial charge in [0.1, 0.15) is 0 Å². The van der Waals surface area contributed by atoms with E-state index in [1.807, 2.05) is 0 Å². The maximum Gasteiger partial charge on any atom is 0.0291 e. The number of halogens is 1. The van der Waals surface area contributed by atoms with Gasteiger partial charge in [-0.05, 0) is 61.8 Å². The van der Waals surface area contributed by atoms with Crippen LogP contribution < -0.4 is 5.32 Å². The largest absolute Gasteiger partial charge is 0.310 e. The molecular formula is C16H20BrN. The molecule has 1 N–H and O–H groups in total. The summed E-state index contributed by atoms with van der Waals surface area (Å²) in [5.41, 5.74) is 1.37. The van der Waals surface area contributed by atoms with E-state index in [-0.39, 0.29) is 0 Å². The molecule has 2 bridgehead atoms. The molecule has 0 amide bonds. The van der Waals surface area contributed by atoms with Crippen LogP contribution in [0.4, 0.5) is 0 Å². The first-order valence-electron chi connectivity index (χ1n) is 6.89. The van der Waals surface area contributed by atoms with Gasteiger partial charge in [0.05, 0.1) is 0 Å². The zero-order valence-electron chi connectivity index (χ0n) is 10.8. The van der Waals surface area contributed by atoms with Crippen LogP contribution in [-0.2, 0) is 0 Å². The van der Waals surface area contributed by atoms with Crippen LogP contribution in [-0.4, -0.2) is 6.54 Å². The number of benzene rings is 1. The van der Waals surface area contributed by atoms with Crippen molar-refractivity contribution in [3.8, 4) is 0 Å². The molecule has 3 rings (SSSR count). The summed E-state index contributed by atoms with van der Waals surface area (Å²) < 4.78 is 1.15. The van der Waals surface area contributed by atoms with Gasteiger partial charge in [0.25, 0.3) is 0 Å². The second-order valence-corrected chi connectivity index (χ2v) is 6.64. The molecule has 1 aromatic rings. The Morgan fingerprint density at radius 1 is 1.22 bits per heavy atom. The first kappa shape index (κ1) is 12.4. The average molecular weight is 306 g/mol. The molecule has 1 aromatic carbocycles. The molecule has 0 spiro atoms. The summed E-state index contributed by atoms with van der Waals surface area (Å²) in [6, 6.07) is 9.08. The highest BCUT2D eigenvalue weighted by atomic mass is 79.9. The van der Waals surface area contributed by atoms with Gasteiger partial charge in [-0.1, -0.05) is 40.2 Å². The number of nitrogens with one attached hydrogen (secondary N) is 1. The molecule has 18 heavy (non-hydrogen) atoms. The molecule has 2 aliphatic carbocycles. The lowest BCUT2D eigenvalue weighted by Gasteiger charge is -2.22. The van der Waals surface area contributed by atoms with E-state index in [1.165, 1.54) is 18.4 Å². The molecule has 1 nitrogen and oxygen atoms in total. The number of hydrogen-bond donors (Lipinski definition) is 1. The Morgan fingerprint density at radius 2 is 2.00 bits per heavy atom. The van der Waals surface area contributed by atoms with E-state index in [4.69, 9.17) is 0 Å². The van der Waals surface area contributed by atoms with Gasteiger partial charge in [0.2, 0.25) is 0 Å².